The predicted molar refractivity (Wildman–Crippen MR) is 99.9 cm³/mol. The number of rotatable bonds is 4. The minimum absolute atomic E-state index is 0.0874. The summed E-state index contributed by atoms with van der Waals surface area (Å²) in [6, 6.07) is 20.6. The zero-order chi connectivity index (χ0) is 17.9. The summed E-state index contributed by atoms with van der Waals surface area (Å²) < 4.78 is 6.20. The Bertz CT molecular complexity index is 700. The van der Waals surface area contributed by atoms with Crippen LogP contribution in [0.15, 0.2) is 60.7 Å². The van der Waals surface area contributed by atoms with Gasteiger partial charge in [-0.2, -0.15) is 4.79 Å². The van der Waals surface area contributed by atoms with Gasteiger partial charge in [0.1, 0.15) is 12.6 Å². The van der Waals surface area contributed by atoms with Crippen molar-refractivity contribution in [1.82, 2.24) is 0 Å². The van der Waals surface area contributed by atoms with Crippen molar-refractivity contribution in [1.29, 1.82) is 0 Å². The molecule has 0 radical (unpaired) electrons. The molecule has 3 heteroatoms. The van der Waals surface area contributed by atoms with E-state index in [1.54, 1.807) is 0 Å². The smallest absolute Gasteiger partial charge is 0.415 e. The Labute approximate surface area is 150 Å². The molecule has 0 spiro atoms. The summed E-state index contributed by atoms with van der Waals surface area (Å²) >= 11 is 0. The standard InChI is InChI=1S/C22H28NO2/c1-17-14-15-23(18(17)2,19(3)21-12-8-5-9-13-21)22(24)25-16-20-10-6-4-7-11-20/h4-13,17-19H,14-16H2,1-3H3/q+1/t17-,18-,19?,23?/m1/s1. The van der Waals surface area contributed by atoms with E-state index in [0.717, 1.165) is 18.5 Å². The summed E-state index contributed by atoms with van der Waals surface area (Å²) in [4.78, 5) is 13.3. The van der Waals surface area contributed by atoms with Crippen LogP contribution in [0.1, 0.15) is 44.4 Å². The van der Waals surface area contributed by atoms with Crippen molar-refractivity contribution >= 4 is 6.09 Å². The largest absolute Gasteiger partial charge is 0.517 e. The molecule has 2 unspecified atom stereocenters. The quantitative estimate of drug-likeness (QED) is 0.704. The molecule has 4 atom stereocenters. The summed E-state index contributed by atoms with van der Waals surface area (Å²) in [5.41, 5.74) is 2.22. The highest BCUT2D eigenvalue weighted by Crippen LogP contribution is 2.42. The monoisotopic (exact) mass is 338 g/mol. The van der Waals surface area contributed by atoms with Gasteiger partial charge in [-0.05, 0) is 19.4 Å². The van der Waals surface area contributed by atoms with Crippen LogP contribution >= 0.6 is 0 Å². The van der Waals surface area contributed by atoms with Crippen LogP contribution in [0.5, 0.6) is 0 Å². The number of nitrogens with zero attached hydrogens (tertiary/aromatic N) is 1. The third-order valence-corrected chi connectivity index (χ3v) is 6.02. The SMILES string of the molecule is CC(c1ccccc1)[N+]1(C(=O)OCc2ccccc2)CC[C@@H](C)[C@H]1C. The van der Waals surface area contributed by atoms with E-state index >= 15 is 0 Å². The van der Waals surface area contributed by atoms with E-state index in [0.29, 0.717) is 17.0 Å². The molecule has 3 nitrogen and oxygen atoms in total. The number of hydrogen-bond donors (Lipinski definition) is 0. The number of benzene rings is 2. The van der Waals surface area contributed by atoms with Gasteiger partial charge in [-0.1, -0.05) is 67.6 Å². The topological polar surface area (TPSA) is 26.3 Å². The summed E-state index contributed by atoms with van der Waals surface area (Å²) in [5.74, 6) is 0.510. The lowest BCUT2D eigenvalue weighted by atomic mass is 10.00. The van der Waals surface area contributed by atoms with Crippen LogP contribution in [-0.2, 0) is 11.3 Å². The van der Waals surface area contributed by atoms with Gasteiger partial charge in [0.15, 0.2) is 0 Å². The van der Waals surface area contributed by atoms with Crippen molar-refractivity contribution in [2.24, 2.45) is 5.92 Å². The second kappa shape index (κ2) is 7.40. The first kappa shape index (κ1) is 17.7. The van der Waals surface area contributed by atoms with Gasteiger partial charge in [-0.15, -0.1) is 0 Å². The number of quaternary nitrogens is 1. The summed E-state index contributed by atoms with van der Waals surface area (Å²) in [7, 11) is 0. The van der Waals surface area contributed by atoms with Crippen LogP contribution in [0.3, 0.4) is 0 Å². The maximum Gasteiger partial charge on any atom is 0.517 e. The highest BCUT2D eigenvalue weighted by atomic mass is 16.6. The molecule has 2 aromatic rings. The van der Waals surface area contributed by atoms with Gasteiger partial charge in [0.25, 0.3) is 0 Å². The van der Waals surface area contributed by atoms with Gasteiger partial charge in [-0.25, -0.2) is 4.48 Å². The van der Waals surface area contributed by atoms with Gasteiger partial charge in [0, 0.05) is 17.9 Å². The average Bonchev–Trinajstić information content (AvgIpc) is 2.97. The summed E-state index contributed by atoms with van der Waals surface area (Å²) in [6.45, 7) is 7.77. The summed E-state index contributed by atoms with van der Waals surface area (Å²) in [5, 5.41) is 0. The van der Waals surface area contributed by atoms with Crippen LogP contribution in [0.4, 0.5) is 4.79 Å². The van der Waals surface area contributed by atoms with Crippen molar-refractivity contribution in [3.8, 4) is 0 Å². The number of ether oxygens (including phenoxy) is 1. The molecule has 1 heterocycles. The molecule has 1 aliphatic rings. The molecule has 132 valence electrons. The molecule has 0 saturated carbocycles. The molecule has 0 N–H and O–H groups in total. The second-order valence-corrected chi connectivity index (χ2v) is 7.29. The van der Waals surface area contributed by atoms with Crippen molar-refractivity contribution in [2.75, 3.05) is 6.54 Å². The van der Waals surface area contributed by atoms with E-state index in [1.165, 1.54) is 5.56 Å². The number of amides is 1. The van der Waals surface area contributed by atoms with E-state index in [9.17, 15) is 4.79 Å². The Kier molecular flexibility index (Phi) is 5.24. The Morgan fingerprint density at radius 2 is 1.68 bits per heavy atom. The third kappa shape index (κ3) is 3.34. The molecule has 1 fully saturated rings. The van der Waals surface area contributed by atoms with E-state index in [1.807, 2.05) is 48.5 Å². The Hall–Kier alpha value is -2.13. The molecule has 2 aromatic carbocycles. The maximum atomic E-state index is 13.3. The van der Waals surface area contributed by atoms with Gasteiger partial charge in [0.2, 0.25) is 0 Å². The van der Waals surface area contributed by atoms with E-state index in [-0.39, 0.29) is 18.2 Å². The molecule has 0 aliphatic carbocycles. The molecule has 1 aliphatic heterocycles. The molecular formula is C22H28NO2+. The van der Waals surface area contributed by atoms with Crippen LogP contribution in [0.2, 0.25) is 0 Å². The Morgan fingerprint density at radius 3 is 2.24 bits per heavy atom. The van der Waals surface area contributed by atoms with Crippen molar-refractivity contribution in [2.45, 2.75) is 45.9 Å². The van der Waals surface area contributed by atoms with Gasteiger partial charge >= 0.3 is 6.09 Å². The highest BCUT2D eigenvalue weighted by molar-refractivity contribution is 5.61. The van der Waals surface area contributed by atoms with Crippen molar-refractivity contribution in [3.05, 3.63) is 71.8 Å². The van der Waals surface area contributed by atoms with E-state index < -0.39 is 0 Å². The zero-order valence-corrected chi connectivity index (χ0v) is 15.4. The molecule has 0 aromatic heterocycles. The van der Waals surface area contributed by atoms with Crippen LogP contribution in [0, 0.1) is 5.92 Å². The molecule has 0 bridgehead atoms. The van der Waals surface area contributed by atoms with Gasteiger partial charge in [0.05, 0.1) is 12.6 Å². The number of carbonyl (C=O) groups excluding carboxylic acids is 1. The molecule has 1 saturated heterocycles. The summed E-state index contributed by atoms with van der Waals surface area (Å²) in [6.07, 6.45) is 0.954. The fraction of sp³-hybridized carbons (Fsp3) is 0.409. The lowest BCUT2D eigenvalue weighted by Crippen LogP contribution is -2.57. The minimum Gasteiger partial charge on any atom is -0.415 e. The number of carbonyl (C=O) groups is 1. The third-order valence-electron chi connectivity index (χ3n) is 6.02. The van der Waals surface area contributed by atoms with Crippen molar-refractivity contribution < 1.29 is 14.0 Å². The molecule has 3 rings (SSSR count). The van der Waals surface area contributed by atoms with Crippen LogP contribution in [-0.4, -0.2) is 23.2 Å². The van der Waals surface area contributed by atoms with Crippen molar-refractivity contribution in [3.63, 3.8) is 0 Å². The van der Waals surface area contributed by atoms with Gasteiger partial charge in [-0.3, -0.25) is 0 Å². The Balaban J connectivity index is 1.86. The normalized spacial score (nSPS) is 27.0. The van der Waals surface area contributed by atoms with E-state index in [4.69, 9.17) is 4.74 Å². The van der Waals surface area contributed by atoms with Crippen LogP contribution < -0.4 is 0 Å². The Morgan fingerprint density at radius 1 is 1.08 bits per heavy atom. The predicted octanol–water partition coefficient (Wildman–Crippen LogP) is 5.33. The van der Waals surface area contributed by atoms with Gasteiger partial charge < -0.3 is 4.74 Å². The molecular weight excluding hydrogens is 310 g/mol. The average molecular weight is 338 g/mol. The fourth-order valence-electron chi connectivity index (χ4n) is 4.12. The van der Waals surface area contributed by atoms with E-state index in [2.05, 4.69) is 32.9 Å². The molecule has 1 amide bonds. The zero-order valence-electron chi connectivity index (χ0n) is 15.4. The minimum atomic E-state index is -0.0999. The fourth-order valence-corrected chi connectivity index (χ4v) is 4.12. The number of hydrogen-bond acceptors (Lipinski definition) is 2. The van der Waals surface area contributed by atoms with Crippen LogP contribution in [0.25, 0.3) is 0 Å². The molecule has 25 heavy (non-hydrogen) atoms. The maximum absolute atomic E-state index is 13.3. The first-order valence-electron chi connectivity index (χ1n) is 9.19. The first-order chi connectivity index (χ1) is 12.1. The first-order valence-corrected chi connectivity index (χ1v) is 9.19. The lowest BCUT2D eigenvalue weighted by molar-refractivity contribution is -0.898. The number of likely N-dealkylation sites (tertiary alicyclic amines) is 1. The second-order valence-electron chi connectivity index (χ2n) is 7.29. The lowest BCUT2D eigenvalue weighted by Gasteiger charge is -2.40. The highest BCUT2D eigenvalue weighted by Gasteiger charge is 2.54.